The summed E-state index contributed by atoms with van der Waals surface area (Å²) in [6.07, 6.45) is 3.57. The molecule has 1 saturated carbocycles. The van der Waals surface area contributed by atoms with Crippen molar-refractivity contribution >= 4 is 0 Å². The van der Waals surface area contributed by atoms with E-state index in [1.807, 2.05) is 6.92 Å². The van der Waals surface area contributed by atoms with E-state index < -0.39 is 0 Å². The van der Waals surface area contributed by atoms with E-state index in [1.54, 1.807) is 0 Å². The van der Waals surface area contributed by atoms with Crippen molar-refractivity contribution in [3.8, 4) is 0 Å². The van der Waals surface area contributed by atoms with Gasteiger partial charge in [-0.25, -0.2) is 9.97 Å². The minimum atomic E-state index is 0.0151. The SMILES string of the molecule is CCOC(CC)c1nc(C)c(C(C)CNC2CC2)c(C)n1. The van der Waals surface area contributed by atoms with Crippen LogP contribution in [0.4, 0.5) is 0 Å². The van der Waals surface area contributed by atoms with Crippen LogP contribution >= 0.6 is 0 Å². The molecule has 4 heteroatoms. The topological polar surface area (TPSA) is 47.0 Å². The van der Waals surface area contributed by atoms with Crippen molar-refractivity contribution in [2.45, 2.75) is 71.9 Å². The van der Waals surface area contributed by atoms with E-state index in [0.717, 1.165) is 36.2 Å². The van der Waals surface area contributed by atoms with Crippen LogP contribution in [-0.4, -0.2) is 29.2 Å². The van der Waals surface area contributed by atoms with Crippen LogP contribution in [0.1, 0.15) is 74.8 Å². The van der Waals surface area contributed by atoms with Gasteiger partial charge in [-0.2, -0.15) is 0 Å². The Morgan fingerprint density at radius 3 is 2.29 bits per heavy atom. The van der Waals surface area contributed by atoms with Crippen LogP contribution in [0, 0.1) is 13.8 Å². The van der Waals surface area contributed by atoms with Crippen molar-refractivity contribution in [2.75, 3.05) is 13.2 Å². The number of aromatic nitrogens is 2. The smallest absolute Gasteiger partial charge is 0.157 e. The molecule has 2 rings (SSSR count). The third kappa shape index (κ3) is 4.24. The number of hydrogen-bond acceptors (Lipinski definition) is 4. The van der Waals surface area contributed by atoms with Gasteiger partial charge >= 0.3 is 0 Å². The number of aryl methyl sites for hydroxylation is 2. The molecule has 2 unspecified atom stereocenters. The molecule has 1 aromatic heterocycles. The molecule has 21 heavy (non-hydrogen) atoms. The zero-order valence-corrected chi connectivity index (χ0v) is 14.1. The highest BCUT2D eigenvalue weighted by molar-refractivity contribution is 5.28. The van der Waals surface area contributed by atoms with Crippen molar-refractivity contribution < 1.29 is 4.74 Å². The number of ether oxygens (including phenoxy) is 1. The van der Waals surface area contributed by atoms with Gasteiger partial charge < -0.3 is 10.1 Å². The Morgan fingerprint density at radius 2 is 1.81 bits per heavy atom. The Labute approximate surface area is 128 Å². The third-order valence-electron chi connectivity index (χ3n) is 4.15. The normalized spacial score (nSPS) is 17.8. The van der Waals surface area contributed by atoms with E-state index in [9.17, 15) is 0 Å². The molecule has 0 saturated heterocycles. The molecule has 1 aliphatic carbocycles. The molecule has 0 amide bonds. The predicted molar refractivity (Wildman–Crippen MR) is 85.6 cm³/mol. The zero-order valence-electron chi connectivity index (χ0n) is 14.1. The summed E-state index contributed by atoms with van der Waals surface area (Å²) in [6, 6.07) is 0.746. The Kier molecular flexibility index (Phi) is 5.71. The summed E-state index contributed by atoms with van der Waals surface area (Å²) in [7, 11) is 0. The average Bonchev–Trinajstić information content (AvgIpc) is 3.25. The zero-order chi connectivity index (χ0) is 15.4. The van der Waals surface area contributed by atoms with Gasteiger partial charge in [0.1, 0.15) is 6.10 Å². The summed E-state index contributed by atoms with van der Waals surface area (Å²) in [6.45, 7) is 12.3. The van der Waals surface area contributed by atoms with Gasteiger partial charge in [-0.05, 0) is 51.5 Å². The highest BCUT2D eigenvalue weighted by Crippen LogP contribution is 2.26. The van der Waals surface area contributed by atoms with E-state index in [0.29, 0.717) is 12.5 Å². The molecule has 118 valence electrons. The van der Waals surface area contributed by atoms with Gasteiger partial charge in [-0.1, -0.05) is 13.8 Å². The lowest BCUT2D eigenvalue weighted by Crippen LogP contribution is -2.24. The minimum absolute atomic E-state index is 0.0151. The van der Waals surface area contributed by atoms with E-state index in [1.165, 1.54) is 18.4 Å². The van der Waals surface area contributed by atoms with E-state index in [4.69, 9.17) is 14.7 Å². The summed E-state index contributed by atoms with van der Waals surface area (Å²) in [4.78, 5) is 9.45. The van der Waals surface area contributed by atoms with Crippen LogP contribution in [0.25, 0.3) is 0 Å². The first kappa shape index (κ1) is 16.4. The van der Waals surface area contributed by atoms with Crippen LogP contribution in [0.3, 0.4) is 0 Å². The maximum absolute atomic E-state index is 5.74. The molecule has 0 aromatic carbocycles. The molecular formula is C17H29N3O. The largest absolute Gasteiger partial charge is 0.371 e. The lowest BCUT2D eigenvalue weighted by molar-refractivity contribution is 0.0532. The first-order chi connectivity index (χ1) is 10.1. The predicted octanol–water partition coefficient (Wildman–Crippen LogP) is 3.44. The van der Waals surface area contributed by atoms with Crippen molar-refractivity contribution in [3.63, 3.8) is 0 Å². The number of nitrogens with one attached hydrogen (secondary N) is 1. The maximum atomic E-state index is 5.74. The van der Waals surface area contributed by atoms with E-state index >= 15 is 0 Å². The van der Waals surface area contributed by atoms with Crippen molar-refractivity contribution in [3.05, 3.63) is 22.8 Å². The second kappa shape index (κ2) is 7.32. The third-order valence-corrected chi connectivity index (χ3v) is 4.15. The lowest BCUT2D eigenvalue weighted by Gasteiger charge is -2.20. The van der Waals surface area contributed by atoms with Crippen LogP contribution in [0.15, 0.2) is 0 Å². The van der Waals surface area contributed by atoms with Crippen LogP contribution in [0.5, 0.6) is 0 Å². The summed E-state index contributed by atoms with van der Waals surface area (Å²) >= 11 is 0. The maximum Gasteiger partial charge on any atom is 0.157 e. The van der Waals surface area contributed by atoms with E-state index in [2.05, 4.69) is 33.0 Å². The molecule has 0 bridgehead atoms. The molecule has 1 aromatic rings. The van der Waals surface area contributed by atoms with Crippen molar-refractivity contribution in [2.24, 2.45) is 0 Å². The molecular weight excluding hydrogens is 262 g/mol. The fourth-order valence-corrected chi connectivity index (χ4v) is 2.92. The molecule has 1 fully saturated rings. The lowest BCUT2D eigenvalue weighted by atomic mass is 9.97. The van der Waals surface area contributed by atoms with Gasteiger partial charge in [0.25, 0.3) is 0 Å². The standard InChI is InChI=1S/C17H29N3O/c1-6-15(21-7-2)17-19-12(4)16(13(5)20-17)11(3)10-18-14-8-9-14/h11,14-15,18H,6-10H2,1-5H3. The molecule has 0 aliphatic heterocycles. The van der Waals surface area contributed by atoms with Crippen LogP contribution in [-0.2, 0) is 4.74 Å². The second-order valence-electron chi connectivity index (χ2n) is 6.10. The fourth-order valence-electron chi connectivity index (χ4n) is 2.92. The van der Waals surface area contributed by atoms with Gasteiger partial charge in [0, 0.05) is 30.6 Å². The Balaban J connectivity index is 2.14. The Hall–Kier alpha value is -1.00. The van der Waals surface area contributed by atoms with Gasteiger partial charge in [-0.3, -0.25) is 0 Å². The fraction of sp³-hybridized carbons (Fsp3) is 0.765. The summed E-state index contributed by atoms with van der Waals surface area (Å²) in [5, 5.41) is 3.60. The quantitative estimate of drug-likeness (QED) is 0.797. The molecule has 0 spiro atoms. The van der Waals surface area contributed by atoms with Gasteiger partial charge in [0.15, 0.2) is 5.82 Å². The summed E-state index contributed by atoms with van der Waals surface area (Å²) in [5.41, 5.74) is 3.49. The molecule has 2 atom stereocenters. The molecule has 1 heterocycles. The Morgan fingerprint density at radius 1 is 1.19 bits per heavy atom. The highest BCUT2D eigenvalue weighted by atomic mass is 16.5. The molecule has 1 N–H and O–H groups in total. The monoisotopic (exact) mass is 291 g/mol. The number of nitrogens with zero attached hydrogens (tertiary/aromatic N) is 2. The molecule has 1 aliphatic rings. The molecule has 4 nitrogen and oxygen atoms in total. The second-order valence-corrected chi connectivity index (χ2v) is 6.10. The van der Waals surface area contributed by atoms with Crippen molar-refractivity contribution in [1.82, 2.24) is 15.3 Å². The summed E-state index contributed by atoms with van der Waals surface area (Å²) < 4.78 is 5.74. The van der Waals surface area contributed by atoms with Crippen molar-refractivity contribution in [1.29, 1.82) is 0 Å². The number of rotatable bonds is 8. The van der Waals surface area contributed by atoms with Crippen LogP contribution < -0.4 is 5.32 Å². The Bertz CT molecular complexity index is 448. The first-order valence-corrected chi connectivity index (χ1v) is 8.26. The van der Waals surface area contributed by atoms with Gasteiger partial charge in [0.2, 0.25) is 0 Å². The average molecular weight is 291 g/mol. The van der Waals surface area contributed by atoms with Gasteiger partial charge in [0.05, 0.1) is 0 Å². The van der Waals surface area contributed by atoms with Crippen LogP contribution in [0.2, 0.25) is 0 Å². The van der Waals surface area contributed by atoms with E-state index in [-0.39, 0.29) is 6.10 Å². The molecule has 0 radical (unpaired) electrons. The highest BCUT2D eigenvalue weighted by Gasteiger charge is 2.23. The minimum Gasteiger partial charge on any atom is -0.371 e. The van der Waals surface area contributed by atoms with Gasteiger partial charge in [-0.15, -0.1) is 0 Å². The summed E-state index contributed by atoms with van der Waals surface area (Å²) in [5.74, 6) is 1.28. The first-order valence-electron chi connectivity index (χ1n) is 8.26. The number of hydrogen-bond donors (Lipinski definition) is 1.